The number of carbonyl (C=O) groups excluding carboxylic acids is 1. The fraction of sp³-hybridized carbons (Fsp3) is 0.269. The fourth-order valence-electron chi connectivity index (χ4n) is 4.42. The molecule has 0 aliphatic carbocycles. The normalized spacial score (nSPS) is 15.1. The van der Waals surface area contributed by atoms with Crippen LogP contribution in [0.15, 0.2) is 45.6 Å². The lowest BCUT2D eigenvalue weighted by molar-refractivity contribution is 0.0970. The van der Waals surface area contributed by atoms with Crippen molar-refractivity contribution in [1.82, 2.24) is 4.98 Å². The maximum absolute atomic E-state index is 13.9. The summed E-state index contributed by atoms with van der Waals surface area (Å²) in [5.41, 5.74) is 2.90. The molecule has 8 heteroatoms. The van der Waals surface area contributed by atoms with E-state index in [0.717, 1.165) is 22.6 Å². The minimum Gasteiger partial charge on any atom is -0.493 e. The average Bonchev–Trinajstić information content (AvgIpc) is 3.33. The van der Waals surface area contributed by atoms with Crippen LogP contribution in [0.5, 0.6) is 11.5 Å². The second-order valence-corrected chi connectivity index (χ2v) is 9.34. The topological polar surface area (TPSA) is 81.9 Å². The van der Waals surface area contributed by atoms with Gasteiger partial charge in [0.1, 0.15) is 11.6 Å². The lowest BCUT2D eigenvalue weighted by Gasteiger charge is -2.25. The van der Waals surface area contributed by atoms with Crippen molar-refractivity contribution in [3.8, 4) is 11.5 Å². The molecular weight excluding hydrogens is 452 g/mol. The van der Waals surface area contributed by atoms with Gasteiger partial charge in [0.25, 0.3) is 5.91 Å². The van der Waals surface area contributed by atoms with Crippen LogP contribution >= 0.6 is 11.3 Å². The Labute approximate surface area is 200 Å². The lowest BCUT2D eigenvalue weighted by atomic mass is 9.97. The lowest BCUT2D eigenvalue weighted by Crippen LogP contribution is -2.29. The predicted molar refractivity (Wildman–Crippen MR) is 132 cm³/mol. The molecule has 7 nitrogen and oxygen atoms in total. The number of thiazole rings is 1. The summed E-state index contributed by atoms with van der Waals surface area (Å²) < 4.78 is 17.3. The van der Waals surface area contributed by atoms with E-state index >= 15 is 0 Å². The quantitative estimate of drug-likeness (QED) is 0.394. The summed E-state index contributed by atoms with van der Waals surface area (Å²) in [6.07, 6.45) is 0.780. The van der Waals surface area contributed by atoms with Gasteiger partial charge in [-0.15, -0.1) is 11.3 Å². The number of benzene rings is 2. The Morgan fingerprint density at radius 3 is 2.56 bits per heavy atom. The van der Waals surface area contributed by atoms with Crippen molar-refractivity contribution in [2.75, 3.05) is 19.1 Å². The number of rotatable bonds is 5. The van der Waals surface area contributed by atoms with E-state index in [4.69, 9.17) is 13.9 Å². The number of aryl methyl sites for hydroxylation is 3. The van der Waals surface area contributed by atoms with Crippen LogP contribution in [-0.2, 0) is 6.42 Å². The second kappa shape index (κ2) is 8.29. The summed E-state index contributed by atoms with van der Waals surface area (Å²) in [4.78, 5) is 34.8. The van der Waals surface area contributed by atoms with Gasteiger partial charge < -0.3 is 13.9 Å². The average molecular weight is 477 g/mol. The van der Waals surface area contributed by atoms with E-state index in [1.807, 2.05) is 45.0 Å². The van der Waals surface area contributed by atoms with Gasteiger partial charge in [-0.2, -0.15) is 0 Å². The molecule has 0 saturated heterocycles. The van der Waals surface area contributed by atoms with Gasteiger partial charge in [0.2, 0.25) is 5.76 Å². The summed E-state index contributed by atoms with van der Waals surface area (Å²) in [6.45, 7) is 5.88. The van der Waals surface area contributed by atoms with Crippen LogP contribution in [0, 0.1) is 13.8 Å². The monoisotopic (exact) mass is 476 g/mol. The molecule has 2 aromatic heterocycles. The molecule has 0 fully saturated rings. The third kappa shape index (κ3) is 3.20. The zero-order valence-corrected chi connectivity index (χ0v) is 20.4. The molecular formula is C26H24N2O5S. The Morgan fingerprint density at radius 1 is 1.12 bits per heavy atom. The molecule has 5 rings (SSSR count). The van der Waals surface area contributed by atoms with Crippen LogP contribution in [0.2, 0.25) is 0 Å². The molecule has 1 aliphatic rings. The predicted octanol–water partition coefficient (Wildman–Crippen LogP) is 5.20. The second-order valence-electron chi connectivity index (χ2n) is 8.16. The van der Waals surface area contributed by atoms with E-state index in [-0.39, 0.29) is 16.8 Å². The number of hydrogen-bond acceptors (Lipinski definition) is 7. The summed E-state index contributed by atoms with van der Waals surface area (Å²) in [5.74, 6) is 0.581. The first-order valence-electron chi connectivity index (χ1n) is 11.0. The first-order chi connectivity index (χ1) is 16.4. The molecule has 1 atom stereocenters. The maximum atomic E-state index is 13.9. The van der Waals surface area contributed by atoms with E-state index in [2.05, 4.69) is 4.98 Å². The van der Waals surface area contributed by atoms with Crippen LogP contribution in [0.3, 0.4) is 0 Å². The highest BCUT2D eigenvalue weighted by molar-refractivity contribution is 7.15. The van der Waals surface area contributed by atoms with Crippen molar-refractivity contribution in [3.05, 3.63) is 79.6 Å². The van der Waals surface area contributed by atoms with Gasteiger partial charge in [-0.3, -0.25) is 14.5 Å². The minimum absolute atomic E-state index is 0.0297. The number of amides is 1. The summed E-state index contributed by atoms with van der Waals surface area (Å²) in [6, 6.07) is 10.2. The van der Waals surface area contributed by atoms with Crippen LogP contribution in [0.25, 0.3) is 11.0 Å². The van der Waals surface area contributed by atoms with E-state index in [1.54, 1.807) is 19.2 Å². The van der Waals surface area contributed by atoms with Gasteiger partial charge in [-0.05, 0) is 44.0 Å². The number of nitrogens with zero attached hydrogens (tertiary/aromatic N) is 2. The van der Waals surface area contributed by atoms with Crippen LogP contribution in [-0.4, -0.2) is 25.1 Å². The largest absolute Gasteiger partial charge is 0.493 e. The van der Waals surface area contributed by atoms with Crippen molar-refractivity contribution in [2.24, 2.45) is 0 Å². The van der Waals surface area contributed by atoms with Gasteiger partial charge in [0.15, 0.2) is 22.1 Å². The van der Waals surface area contributed by atoms with Gasteiger partial charge >= 0.3 is 0 Å². The Bertz CT molecular complexity index is 1480. The molecule has 0 N–H and O–H groups in total. The molecule has 1 amide bonds. The summed E-state index contributed by atoms with van der Waals surface area (Å²) >= 11 is 1.40. The molecule has 34 heavy (non-hydrogen) atoms. The van der Waals surface area contributed by atoms with Crippen LogP contribution < -0.4 is 19.8 Å². The Kier molecular flexibility index (Phi) is 5.40. The molecule has 174 valence electrons. The Hall–Kier alpha value is -3.65. The van der Waals surface area contributed by atoms with Gasteiger partial charge in [0.05, 0.1) is 30.9 Å². The highest BCUT2D eigenvalue weighted by Gasteiger charge is 2.46. The van der Waals surface area contributed by atoms with Crippen molar-refractivity contribution in [3.63, 3.8) is 0 Å². The summed E-state index contributed by atoms with van der Waals surface area (Å²) in [5, 5.41) is 0.949. The number of aromatic nitrogens is 1. The number of para-hydroxylation sites is 1. The minimum atomic E-state index is -0.775. The van der Waals surface area contributed by atoms with Crippen LogP contribution in [0.4, 0.5) is 5.13 Å². The van der Waals surface area contributed by atoms with Crippen LogP contribution in [0.1, 0.15) is 50.8 Å². The molecule has 2 aromatic carbocycles. The SMILES string of the molecule is CCc1ccc2oc3c(c(=O)c2c1)C(c1cccc(OC)c1OC)N(c1nc(C)c(C)s1)C3=O. The first-order valence-corrected chi connectivity index (χ1v) is 11.8. The number of ether oxygens (including phenoxy) is 2. The fourth-order valence-corrected chi connectivity index (χ4v) is 5.35. The number of carbonyl (C=O) groups is 1. The van der Waals surface area contributed by atoms with Gasteiger partial charge in [-0.1, -0.05) is 25.1 Å². The molecule has 0 saturated carbocycles. The van der Waals surface area contributed by atoms with Crippen molar-refractivity contribution in [2.45, 2.75) is 33.2 Å². The van der Waals surface area contributed by atoms with E-state index in [1.165, 1.54) is 23.3 Å². The maximum Gasteiger partial charge on any atom is 0.297 e. The number of hydrogen-bond donors (Lipinski definition) is 0. The Morgan fingerprint density at radius 2 is 1.91 bits per heavy atom. The summed E-state index contributed by atoms with van der Waals surface area (Å²) in [7, 11) is 3.09. The molecule has 0 bridgehead atoms. The number of fused-ring (bicyclic) bond motifs is 2. The van der Waals surface area contributed by atoms with Crippen molar-refractivity contribution >= 4 is 33.3 Å². The van der Waals surface area contributed by atoms with E-state index < -0.39 is 11.9 Å². The highest BCUT2D eigenvalue weighted by atomic mass is 32.1. The molecule has 3 heterocycles. The standard InChI is InChI=1S/C26H24N2O5S/c1-6-15-10-11-18-17(12-15)22(29)20-21(16-8-7-9-19(31-4)23(16)32-5)28(25(30)24(20)33-18)26-27-13(2)14(3)34-26/h7-12,21H,6H2,1-5H3. The zero-order valence-electron chi connectivity index (χ0n) is 19.6. The van der Waals surface area contributed by atoms with Crippen molar-refractivity contribution < 1.29 is 18.7 Å². The van der Waals surface area contributed by atoms with Crippen molar-refractivity contribution in [1.29, 1.82) is 0 Å². The van der Waals surface area contributed by atoms with Gasteiger partial charge in [0, 0.05) is 10.4 Å². The van der Waals surface area contributed by atoms with Gasteiger partial charge in [-0.25, -0.2) is 4.98 Å². The smallest absolute Gasteiger partial charge is 0.297 e. The van der Waals surface area contributed by atoms with E-state index in [0.29, 0.717) is 33.2 Å². The molecule has 1 aliphatic heterocycles. The first kappa shape index (κ1) is 22.2. The Balaban J connectivity index is 1.86. The van der Waals surface area contributed by atoms with E-state index in [9.17, 15) is 9.59 Å². The third-order valence-electron chi connectivity index (χ3n) is 6.29. The highest BCUT2D eigenvalue weighted by Crippen LogP contribution is 2.47. The molecule has 0 spiro atoms. The molecule has 4 aromatic rings. The number of methoxy groups -OCH3 is 2. The number of anilines is 1. The third-order valence-corrected chi connectivity index (χ3v) is 7.37. The molecule has 1 unspecified atom stereocenters. The zero-order chi connectivity index (χ0) is 24.1. The molecule has 0 radical (unpaired) electrons.